The molecule has 0 spiro atoms. The van der Waals surface area contributed by atoms with Crippen molar-refractivity contribution in [3.63, 3.8) is 0 Å². The molecule has 0 saturated heterocycles. The number of amides is 3. The molecule has 0 fully saturated rings. The van der Waals surface area contributed by atoms with E-state index in [9.17, 15) is 18.8 Å². The highest BCUT2D eigenvalue weighted by molar-refractivity contribution is 9.10. The normalized spacial score (nSPS) is 10.7. The maximum absolute atomic E-state index is 13.4. The van der Waals surface area contributed by atoms with Crippen LogP contribution in [0.5, 0.6) is 0 Å². The summed E-state index contributed by atoms with van der Waals surface area (Å²) in [5, 5.41) is 6.22. The predicted octanol–water partition coefficient (Wildman–Crippen LogP) is 5.81. The second kappa shape index (κ2) is 9.84. The van der Waals surface area contributed by atoms with Gasteiger partial charge in [-0.05, 0) is 60.7 Å². The van der Waals surface area contributed by atoms with Crippen molar-refractivity contribution in [2.75, 3.05) is 16.1 Å². The Morgan fingerprint density at radius 2 is 1.68 bits per heavy atom. The third-order valence-electron chi connectivity index (χ3n) is 4.68. The van der Waals surface area contributed by atoms with E-state index < -0.39 is 23.5 Å². The van der Waals surface area contributed by atoms with Gasteiger partial charge in [-0.2, -0.15) is 0 Å². The zero-order valence-electron chi connectivity index (χ0n) is 17.0. The fourth-order valence-electron chi connectivity index (χ4n) is 3.16. The predicted molar refractivity (Wildman–Crippen MR) is 133 cm³/mol. The van der Waals surface area contributed by atoms with Gasteiger partial charge in [-0.25, -0.2) is 9.07 Å². The highest BCUT2D eigenvalue weighted by atomic mass is 79.9. The average molecular weight is 564 g/mol. The van der Waals surface area contributed by atoms with Crippen LogP contribution in [-0.2, 0) is 9.59 Å². The number of fused-ring (bicyclic) bond motifs is 1. The number of rotatable bonds is 4. The molecule has 0 unspecified atom stereocenters. The first-order valence-corrected chi connectivity index (χ1v) is 11.2. The van der Waals surface area contributed by atoms with Crippen molar-refractivity contribution >= 4 is 79.1 Å². The van der Waals surface area contributed by atoms with Gasteiger partial charge in [-0.1, -0.05) is 45.2 Å². The van der Waals surface area contributed by atoms with Crippen LogP contribution in [0.4, 0.5) is 15.8 Å². The molecular formula is C23H14BrCl2FN4O3. The summed E-state index contributed by atoms with van der Waals surface area (Å²) in [7, 11) is 0. The second-order valence-corrected chi connectivity index (χ2v) is 8.81. The van der Waals surface area contributed by atoms with E-state index in [4.69, 9.17) is 23.2 Å². The first kappa shape index (κ1) is 23.7. The molecule has 3 aromatic carbocycles. The Hall–Kier alpha value is -3.40. The summed E-state index contributed by atoms with van der Waals surface area (Å²) in [6.07, 6.45) is 0. The van der Waals surface area contributed by atoms with Crippen molar-refractivity contribution in [2.45, 2.75) is 0 Å². The Balaban J connectivity index is 1.64. The first-order valence-electron chi connectivity index (χ1n) is 9.66. The Morgan fingerprint density at radius 3 is 2.41 bits per heavy atom. The van der Waals surface area contributed by atoms with E-state index in [1.54, 1.807) is 30.3 Å². The zero-order chi connectivity index (χ0) is 24.4. The lowest BCUT2D eigenvalue weighted by atomic mass is 10.2. The van der Waals surface area contributed by atoms with E-state index in [1.165, 1.54) is 35.0 Å². The molecule has 3 N–H and O–H groups in total. The van der Waals surface area contributed by atoms with Gasteiger partial charge < -0.3 is 10.6 Å². The van der Waals surface area contributed by atoms with Crippen LogP contribution in [0.2, 0.25) is 10.0 Å². The van der Waals surface area contributed by atoms with Crippen molar-refractivity contribution < 1.29 is 18.8 Å². The van der Waals surface area contributed by atoms with Crippen LogP contribution in [0.15, 0.2) is 71.2 Å². The molecule has 0 saturated carbocycles. The van der Waals surface area contributed by atoms with Crippen LogP contribution in [0.3, 0.4) is 0 Å². The summed E-state index contributed by atoms with van der Waals surface area (Å²) in [6, 6.07) is 16.4. The smallest absolute Gasteiger partial charge is 0.319 e. The highest BCUT2D eigenvalue weighted by Crippen LogP contribution is 2.27. The lowest BCUT2D eigenvalue weighted by Crippen LogP contribution is -2.36. The van der Waals surface area contributed by atoms with Crippen molar-refractivity contribution in [3.05, 3.63) is 92.8 Å². The summed E-state index contributed by atoms with van der Waals surface area (Å²) in [5.41, 5.74) is 3.33. The fraction of sp³-hybridized carbons (Fsp3) is 0. The molecule has 3 amide bonds. The Bertz CT molecular complexity index is 1460. The summed E-state index contributed by atoms with van der Waals surface area (Å²) in [4.78, 5) is 38.1. The number of carbonyl (C=O) groups excluding carboxylic acids is 3. The Morgan fingerprint density at radius 1 is 0.882 bits per heavy atom. The van der Waals surface area contributed by atoms with Gasteiger partial charge in [0.25, 0.3) is 5.91 Å². The number of nitrogens with one attached hydrogen (secondary N) is 3. The molecule has 172 valence electrons. The SMILES string of the molecule is O=C(Nc1cccc(F)c1)C(=O)Nn1c(C(=O)Nc2ccc(Cl)cc2Cl)cc2cc(Br)ccc21. The lowest BCUT2D eigenvalue weighted by Gasteiger charge is -2.13. The van der Waals surface area contributed by atoms with Crippen LogP contribution in [-0.4, -0.2) is 22.4 Å². The third-order valence-corrected chi connectivity index (χ3v) is 5.72. The quantitative estimate of drug-likeness (QED) is 0.274. The van der Waals surface area contributed by atoms with Gasteiger partial charge in [-0.3, -0.25) is 19.8 Å². The molecule has 0 aliphatic carbocycles. The highest BCUT2D eigenvalue weighted by Gasteiger charge is 2.22. The molecule has 1 heterocycles. The van der Waals surface area contributed by atoms with Crippen molar-refractivity contribution in [3.8, 4) is 0 Å². The number of benzene rings is 3. The van der Waals surface area contributed by atoms with Crippen molar-refractivity contribution in [1.29, 1.82) is 0 Å². The molecular weight excluding hydrogens is 550 g/mol. The Kier molecular flexibility index (Phi) is 6.87. The molecule has 4 rings (SSSR count). The first-order chi connectivity index (χ1) is 16.2. The molecule has 0 radical (unpaired) electrons. The Labute approximate surface area is 210 Å². The van der Waals surface area contributed by atoms with E-state index in [1.807, 2.05) is 0 Å². The van der Waals surface area contributed by atoms with E-state index in [-0.39, 0.29) is 16.4 Å². The second-order valence-electron chi connectivity index (χ2n) is 7.05. The number of hydrogen-bond acceptors (Lipinski definition) is 3. The van der Waals surface area contributed by atoms with E-state index in [2.05, 4.69) is 32.0 Å². The molecule has 0 atom stereocenters. The van der Waals surface area contributed by atoms with Gasteiger partial charge >= 0.3 is 11.8 Å². The number of carbonyl (C=O) groups is 3. The van der Waals surface area contributed by atoms with Gasteiger partial charge in [0.05, 0.1) is 16.2 Å². The van der Waals surface area contributed by atoms with E-state index in [0.717, 1.165) is 10.5 Å². The van der Waals surface area contributed by atoms with Gasteiger partial charge in [0.2, 0.25) is 0 Å². The maximum atomic E-state index is 13.4. The summed E-state index contributed by atoms with van der Waals surface area (Å²) in [6.45, 7) is 0. The lowest BCUT2D eigenvalue weighted by molar-refractivity contribution is -0.133. The van der Waals surface area contributed by atoms with Gasteiger partial charge in [0.1, 0.15) is 11.5 Å². The standard InChI is InChI=1S/C23H14BrCl2FN4O3/c24-13-4-7-19-12(8-13)9-20(21(32)29-18-6-5-14(25)10-17(18)26)31(19)30-23(34)22(33)28-16-3-1-2-15(27)11-16/h1-11H,(H,28,33)(H,29,32)(H,30,34). The minimum Gasteiger partial charge on any atom is -0.319 e. The number of halogens is 4. The summed E-state index contributed by atoms with van der Waals surface area (Å²) < 4.78 is 15.3. The minimum absolute atomic E-state index is 0.0334. The minimum atomic E-state index is -1.07. The molecule has 11 heteroatoms. The molecule has 0 aliphatic rings. The van der Waals surface area contributed by atoms with Crippen molar-refractivity contribution in [2.24, 2.45) is 0 Å². The molecule has 7 nitrogen and oxygen atoms in total. The zero-order valence-corrected chi connectivity index (χ0v) is 20.1. The number of hydrogen-bond donors (Lipinski definition) is 3. The number of anilines is 2. The third kappa shape index (κ3) is 5.22. The van der Waals surface area contributed by atoms with Crippen LogP contribution in [0, 0.1) is 5.82 Å². The van der Waals surface area contributed by atoms with Crippen LogP contribution in [0.1, 0.15) is 10.5 Å². The molecule has 4 aromatic rings. The van der Waals surface area contributed by atoms with Gasteiger partial charge in [0, 0.05) is 20.6 Å². The monoisotopic (exact) mass is 562 g/mol. The number of aromatic nitrogens is 1. The van der Waals surface area contributed by atoms with Gasteiger partial charge in [0.15, 0.2) is 0 Å². The molecule has 34 heavy (non-hydrogen) atoms. The summed E-state index contributed by atoms with van der Waals surface area (Å²) >= 11 is 15.4. The largest absolute Gasteiger partial charge is 0.328 e. The van der Waals surface area contributed by atoms with E-state index >= 15 is 0 Å². The van der Waals surface area contributed by atoms with Crippen LogP contribution >= 0.6 is 39.1 Å². The maximum Gasteiger partial charge on any atom is 0.328 e. The van der Waals surface area contributed by atoms with Crippen molar-refractivity contribution in [1.82, 2.24) is 4.68 Å². The average Bonchev–Trinajstić information content (AvgIpc) is 3.13. The topological polar surface area (TPSA) is 92.2 Å². The van der Waals surface area contributed by atoms with Gasteiger partial charge in [-0.15, -0.1) is 0 Å². The summed E-state index contributed by atoms with van der Waals surface area (Å²) in [5.74, 6) is -3.28. The van der Waals surface area contributed by atoms with Crippen LogP contribution < -0.4 is 16.1 Å². The molecule has 1 aromatic heterocycles. The fourth-order valence-corrected chi connectivity index (χ4v) is 3.99. The number of nitrogens with zero attached hydrogens (tertiary/aromatic N) is 1. The van der Waals surface area contributed by atoms with E-state index in [0.29, 0.717) is 21.6 Å². The van der Waals surface area contributed by atoms with Crippen LogP contribution in [0.25, 0.3) is 10.9 Å². The molecule has 0 bridgehead atoms. The molecule has 0 aliphatic heterocycles.